The second kappa shape index (κ2) is 5.92. The summed E-state index contributed by atoms with van der Waals surface area (Å²) in [7, 11) is 1.61. The first-order valence-electron chi connectivity index (χ1n) is 4.91. The number of hydrogen-bond donors (Lipinski definition) is 2. The quantitative estimate of drug-likeness (QED) is 0.798. The smallest absolute Gasteiger partial charge is 0.143 e. The van der Waals surface area contributed by atoms with Gasteiger partial charge in [-0.2, -0.15) is 0 Å². The monoisotopic (exact) mass is 258 g/mol. The number of thiocarbonyl (C=S) groups is 1. The first-order valence-corrected chi connectivity index (χ1v) is 5.69. The van der Waals surface area contributed by atoms with Crippen molar-refractivity contribution >= 4 is 34.5 Å². The lowest BCUT2D eigenvalue weighted by atomic mass is 10.2. The number of rotatable bonds is 5. The Morgan fingerprint density at radius 2 is 2.25 bits per heavy atom. The Balaban J connectivity index is 2.77. The molecule has 16 heavy (non-hydrogen) atoms. The van der Waals surface area contributed by atoms with E-state index in [1.54, 1.807) is 13.2 Å². The average molecular weight is 259 g/mol. The van der Waals surface area contributed by atoms with Crippen LogP contribution in [0.4, 0.5) is 5.69 Å². The van der Waals surface area contributed by atoms with Crippen LogP contribution in [-0.2, 0) is 0 Å². The number of nitrogens with two attached hydrogens (primary N) is 1. The lowest BCUT2D eigenvalue weighted by Gasteiger charge is -2.12. The Labute approximate surface area is 106 Å². The Morgan fingerprint density at radius 1 is 1.56 bits per heavy atom. The third-order valence-electron chi connectivity index (χ3n) is 2.17. The zero-order valence-electron chi connectivity index (χ0n) is 9.34. The second-order valence-corrected chi connectivity index (χ2v) is 4.38. The molecule has 0 saturated carbocycles. The summed E-state index contributed by atoms with van der Waals surface area (Å²) in [4.78, 5) is 0.497. The van der Waals surface area contributed by atoms with Gasteiger partial charge in [0, 0.05) is 24.1 Å². The summed E-state index contributed by atoms with van der Waals surface area (Å²) < 4.78 is 5.23. The molecule has 1 aromatic rings. The predicted octanol–water partition coefficient (Wildman–Crippen LogP) is 2.75. The summed E-state index contributed by atoms with van der Waals surface area (Å²) in [5.74, 6) is 0.721. The van der Waals surface area contributed by atoms with Gasteiger partial charge in [-0.1, -0.05) is 23.8 Å². The number of nitrogens with one attached hydrogen (secondary N) is 1. The molecule has 3 nitrogen and oxygen atoms in total. The Kier molecular flexibility index (Phi) is 4.83. The minimum atomic E-state index is 0.497. The number of ether oxygens (including phenoxy) is 1. The minimum Gasteiger partial charge on any atom is -0.495 e. The van der Waals surface area contributed by atoms with Crippen LogP contribution in [0.1, 0.15) is 12.0 Å². The van der Waals surface area contributed by atoms with Gasteiger partial charge in [0.05, 0.1) is 17.8 Å². The highest BCUT2D eigenvalue weighted by atomic mass is 35.5. The van der Waals surface area contributed by atoms with Crippen LogP contribution in [0.2, 0.25) is 5.02 Å². The Bertz CT molecular complexity index is 396. The highest BCUT2D eigenvalue weighted by molar-refractivity contribution is 7.80. The van der Waals surface area contributed by atoms with Gasteiger partial charge in [0.1, 0.15) is 5.75 Å². The molecule has 5 heteroatoms. The molecule has 0 bridgehead atoms. The van der Waals surface area contributed by atoms with Gasteiger partial charge in [-0.25, -0.2) is 0 Å². The van der Waals surface area contributed by atoms with Crippen molar-refractivity contribution in [2.24, 2.45) is 5.73 Å². The van der Waals surface area contributed by atoms with Crippen LogP contribution in [0.25, 0.3) is 0 Å². The van der Waals surface area contributed by atoms with E-state index in [-0.39, 0.29) is 0 Å². The number of anilines is 1. The summed E-state index contributed by atoms with van der Waals surface area (Å²) in [5, 5.41) is 3.90. The zero-order chi connectivity index (χ0) is 12.1. The van der Waals surface area contributed by atoms with E-state index < -0.39 is 0 Å². The van der Waals surface area contributed by atoms with Crippen molar-refractivity contribution in [3.05, 3.63) is 22.7 Å². The van der Waals surface area contributed by atoms with Crippen LogP contribution >= 0.6 is 23.8 Å². The lowest BCUT2D eigenvalue weighted by molar-refractivity contribution is 0.416. The molecule has 3 N–H and O–H groups in total. The molecule has 1 rings (SSSR count). The maximum absolute atomic E-state index is 6.00. The first-order chi connectivity index (χ1) is 7.54. The summed E-state index contributed by atoms with van der Waals surface area (Å²) in [6.07, 6.45) is 0.653. The highest BCUT2D eigenvalue weighted by Crippen LogP contribution is 2.30. The SMILES string of the molecule is COc1cc(Cl)c(C)cc1NCCC(N)=S. The van der Waals surface area contributed by atoms with Crippen LogP contribution in [0.5, 0.6) is 5.75 Å². The molecule has 0 heterocycles. The van der Waals surface area contributed by atoms with Crippen molar-refractivity contribution in [2.75, 3.05) is 19.0 Å². The van der Waals surface area contributed by atoms with Gasteiger partial charge in [0.15, 0.2) is 0 Å². The molecule has 0 spiro atoms. The van der Waals surface area contributed by atoms with Gasteiger partial charge in [0.25, 0.3) is 0 Å². The van der Waals surface area contributed by atoms with Crippen molar-refractivity contribution in [1.29, 1.82) is 0 Å². The second-order valence-electron chi connectivity index (χ2n) is 3.44. The summed E-state index contributed by atoms with van der Waals surface area (Å²) in [6, 6.07) is 3.74. The summed E-state index contributed by atoms with van der Waals surface area (Å²) >= 11 is 10.8. The molecular weight excluding hydrogens is 244 g/mol. The number of hydrogen-bond acceptors (Lipinski definition) is 3. The number of benzene rings is 1. The van der Waals surface area contributed by atoms with Crippen LogP contribution in [0.15, 0.2) is 12.1 Å². The van der Waals surface area contributed by atoms with E-state index >= 15 is 0 Å². The van der Waals surface area contributed by atoms with Gasteiger partial charge in [-0.3, -0.25) is 0 Å². The van der Waals surface area contributed by atoms with Crippen molar-refractivity contribution < 1.29 is 4.74 Å². The fourth-order valence-electron chi connectivity index (χ4n) is 1.29. The molecule has 1 aromatic carbocycles. The maximum atomic E-state index is 6.00. The molecular formula is C11H15ClN2OS. The lowest BCUT2D eigenvalue weighted by Crippen LogP contribution is -2.14. The van der Waals surface area contributed by atoms with Crippen molar-refractivity contribution in [3.63, 3.8) is 0 Å². The highest BCUT2D eigenvalue weighted by Gasteiger charge is 2.06. The summed E-state index contributed by atoms with van der Waals surface area (Å²) in [5.41, 5.74) is 7.32. The van der Waals surface area contributed by atoms with Crippen LogP contribution in [-0.4, -0.2) is 18.6 Å². The largest absolute Gasteiger partial charge is 0.495 e. The molecule has 0 saturated heterocycles. The molecule has 88 valence electrons. The Morgan fingerprint density at radius 3 is 2.81 bits per heavy atom. The van der Waals surface area contributed by atoms with Crippen LogP contribution < -0.4 is 15.8 Å². The van der Waals surface area contributed by atoms with E-state index in [4.69, 9.17) is 34.3 Å². The van der Waals surface area contributed by atoms with Crippen LogP contribution in [0, 0.1) is 6.92 Å². The number of methoxy groups -OCH3 is 1. The van der Waals surface area contributed by atoms with Gasteiger partial charge < -0.3 is 15.8 Å². The normalized spacial score (nSPS) is 9.94. The molecule has 0 fully saturated rings. The fraction of sp³-hybridized carbons (Fsp3) is 0.364. The molecule has 0 aliphatic carbocycles. The molecule has 0 atom stereocenters. The fourth-order valence-corrected chi connectivity index (χ4v) is 1.55. The molecule has 0 unspecified atom stereocenters. The van der Waals surface area contributed by atoms with E-state index in [1.807, 2.05) is 13.0 Å². The number of halogens is 1. The molecule has 0 radical (unpaired) electrons. The third kappa shape index (κ3) is 3.54. The van der Waals surface area contributed by atoms with Crippen molar-refractivity contribution in [1.82, 2.24) is 0 Å². The first kappa shape index (κ1) is 13.1. The van der Waals surface area contributed by atoms with Gasteiger partial charge in [-0.05, 0) is 18.6 Å². The van der Waals surface area contributed by atoms with Crippen LogP contribution in [0.3, 0.4) is 0 Å². The maximum Gasteiger partial charge on any atom is 0.143 e. The molecule has 0 amide bonds. The van der Waals surface area contributed by atoms with Gasteiger partial charge in [0.2, 0.25) is 0 Å². The predicted molar refractivity (Wildman–Crippen MR) is 72.6 cm³/mol. The number of aryl methyl sites for hydroxylation is 1. The zero-order valence-corrected chi connectivity index (χ0v) is 10.9. The molecule has 0 aromatic heterocycles. The van der Waals surface area contributed by atoms with E-state index in [2.05, 4.69) is 5.32 Å². The van der Waals surface area contributed by atoms with Crippen molar-refractivity contribution in [2.45, 2.75) is 13.3 Å². The third-order valence-corrected chi connectivity index (χ3v) is 2.78. The van der Waals surface area contributed by atoms with E-state index in [0.29, 0.717) is 23.0 Å². The molecule has 0 aliphatic heterocycles. The Hall–Kier alpha value is -1.00. The standard InChI is InChI=1S/C11H15ClN2OS/c1-7-5-9(14-4-3-11(13)16)10(15-2)6-8(7)12/h5-6,14H,3-4H2,1-2H3,(H2,13,16). The summed E-state index contributed by atoms with van der Waals surface area (Å²) in [6.45, 7) is 2.63. The van der Waals surface area contributed by atoms with Crippen molar-refractivity contribution in [3.8, 4) is 5.75 Å². The minimum absolute atomic E-state index is 0.497. The average Bonchev–Trinajstić information content (AvgIpc) is 2.22. The van der Waals surface area contributed by atoms with Gasteiger partial charge in [-0.15, -0.1) is 0 Å². The van der Waals surface area contributed by atoms with E-state index in [9.17, 15) is 0 Å². The van der Waals surface area contributed by atoms with Gasteiger partial charge >= 0.3 is 0 Å². The topological polar surface area (TPSA) is 47.3 Å². The van der Waals surface area contributed by atoms with E-state index in [0.717, 1.165) is 17.0 Å². The molecule has 0 aliphatic rings. The van der Waals surface area contributed by atoms with E-state index in [1.165, 1.54) is 0 Å².